The molecule has 1 atom stereocenters. The van der Waals surface area contributed by atoms with Crippen molar-refractivity contribution < 1.29 is 0 Å². The molecule has 0 aliphatic rings. The first-order chi connectivity index (χ1) is 8.95. The molecule has 0 fully saturated rings. The highest BCUT2D eigenvalue weighted by molar-refractivity contribution is 9.10. The van der Waals surface area contributed by atoms with Crippen LogP contribution < -0.4 is 5.32 Å². The van der Waals surface area contributed by atoms with Crippen LogP contribution in [0.4, 0.5) is 0 Å². The smallest absolute Gasteiger partial charge is 0.0738 e. The third-order valence-corrected chi connectivity index (χ3v) is 6.11. The minimum absolute atomic E-state index is 0.206. The van der Waals surface area contributed by atoms with Gasteiger partial charge in [0.1, 0.15) is 0 Å². The van der Waals surface area contributed by atoms with Gasteiger partial charge in [0.2, 0.25) is 0 Å². The van der Waals surface area contributed by atoms with Crippen LogP contribution in [0.15, 0.2) is 9.85 Å². The van der Waals surface area contributed by atoms with Crippen molar-refractivity contribution in [2.45, 2.75) is 26.3 Å². The van der Waals surface area contributed by atoms with Crippen LogP contribution in [0, 0.1) is 13.8 Å². The molecule has 3 nitrogen and oxygen atoms in total. The van der Waals surface area contributed by atoms with E-state index < -0.39 is 0 Å². The van der Waals surface area contributed by atoms with E-state index in [2.05, 4.69) is 31.7 Å². The molecule has 0 saturated heterocycles. The van der Waals surface area contributed by atoms with E-state index in [0.717, 1.165) is 27.2 Å². The number of thiophene rings is 1. The summed E-state index contributed by atoms with van der Waals surface area (Å²) in [6, 6.07) is 0.206. The summed E-state index contributed by atoms with van der Waals surface area (Å²) in [5.74, 6) is 0. The minimum atomic E-state index is 0.206. The van der Waals surface area contributed by atoms with Crippen molar-refractivity contribution in [1.82, 2.24) is 15.1 Å². The Balaban J connectivity index is 2.32. The van der Waals surface area contributed by atoms with Crippen molar-refractivity contribution in [3.8, 4) is 0 Å². The summed E-state index contributed by atoms with van der Waals surface area (Å²) < 4.78 is 3.01. The highest BCUT2D eigenvalue weighted by Gasteiger charge is 2.21. The topological polar surface area (TPSA) is 29.9 Å². The van der Waals surface area contributed by atoms with E-state index in [1.54, 1.807) is 11.3 Å². The monoisotopic (exact) mass is 361 g/mol. The number of nitrogens with one attached hydrogen (secondary N) is 1. The highest BCUT2D eigenvalue weighted by Crippen LogP contribution is 2.35. The van der Waals surface area contributed by atoms with Gasteiger partial charge in [-0.15, -0.1) is 11.3 Å². The standard InChI is InChI=1S/C13H17BrClN3S/c1-7-6-19-13(12(7)15)9(16-3)5-10-11(14)8(2)17-18(10)4/h6,9,16H,5H2,1-4H3. The predicted octanol–water partition coefficient (Wildman–Crippen LogP) is 4.02. The molecule has 6 heteroatoms. The summed E-state index contributed by atoms with van der Waals surface area (Å²) in [4.78, 5) is 1.19. The molecule has 0 radical (unpaired) electrons. The van der Waals surface area contributed by atoms with Crippen LogP contribution in [0.25, 0.3) is 0 Å². The van der Waals surface area contributed by atoms with Crippen LogP contribution >= 0.6 is 38.9 Å². The number of likely N-dealkylation sites (N-methyl/N-ethyl adjacent to an activating group) is 1. The Bertz CT molecular complexity index is 591. The van der Waals surface area contributed by atoms with E-state index in [-0.39, 0.29) is 6.04 Å². The average molecular weight is 363 g/mol. The van der Waals surface area contributed by atoms with Gasteiger partial charge in [-0.2, -0.15) is 5.10 Å². The van der Waals surface area contributed by atoms with Crippen LogP contribution in [-0.4, -0.2) is 16.8 Å². The van der Waals surface area contributed by atoms with Crippen LogP contribution in [0.5, 0.6) is 0 Å². The van der Waals surface area contributed by atoms with Crippen molar-refractivity contribution in [2.24, 2.45) is 7.05 Å². The lowest BCUT2D eigenvalue weighted by Crippen LogP contribution is -2.19. The van der Waals surface area contributed by atoms with E-state index in [1.807, 2.05) is 32.6 Å². The Morgan fingerprint density at radius 2 is 2.21 bits per heavy atom. The van der Waals surface area contributed by atoms with E-state index in [1.165, 1.54) is 10.6 Å². The van der Waals surface area contributed by atoms with E-state index in [4.69, 9.17) is 11.6 Å². The number of halogens is 2. The Hall–Kier alpha value is -0.360. The average Bonchev–Trinajstić information content (AvgIpc) is 2.81. The quantitative estimate of drug-likeness (QED) is 0.890. The summed E-state index contributed by atoms with van der Waals surface area (Å²) in [6.45, 7) is 4.05. The van der Waals surface area contributed by atoms with E-state index in [0.29, 0.717) is 0 Å². The number of hydrogen-bond acceptors (Lipinski definition) is 3. The van der Waals surface area contributed by atoms with Crippen molar-refractivity contribution in [2.75, 3.05) is 7.05 Å². The molecule has 1 unspecified atom stereocenters. The summed E-state index contributed by atoms with van der Waals surface area (Å²) in [5.41, 5.74) is 3.34. The fourth-order valence-corrected chi connectivity index (χ4v) is 4.04. The maximum atomic E-state index is 6.37. The molecule has 0 saturated carbocycles. The number of rotatable bonds is 4. The zero-order valence-electron chi connectivity index (χ0n) is 11.4. The van der Waals surface area contributed by atoms with Gasteiger partial charge in [0.15, 0.2) is 0 Å². The number of aryl methyl sites for hydroxylation is 3. The Kier molecular flexibility index (Phi) is 4.71. The lowest BCUT2D eigenvalue weighted by Gasteiger charge is -2.16. The van der Waals surface area contributed by atoms with Crippen LogP contribution in [0.1, 0.15) is 27.9 Å². The van der Waals surface area contributed by atoms with Crippen molar-refractivity contribution in [3.63, 3.8) is 0 Å². The van der Waals surface area contributed by atoms with E-state index >= 15 is 0 Å². The van der Waals surface area contributed by atoms with Gasteiger partial charge in [0, 0.05) is 24.4 Å². The molecular formula is C13H17BrClN3S. The molecule has 104 valence electrons. The molecule has 0 amide bonds. The molecule has 0 aliphatic carbocycles. The lowest BCUT2D eigenvalue weighted by molar-refractivity contribution is 0.568. The van der Waals surface area contributed by atoms with Gasteiger partial charge in [-0.3, -0.25) is 4.68 Å². The second kappa shape index (κ2) is 5.95. The highest BCUT2D eigenvalue weighted by atomic mass is 79.9. The number of aromatic nitrogens is 2. The Labute approximate surface area is 131 Å². The second-order valence-electron chi connectivity index (χ2n) is 4.61. The van der Waals surface area contributed by atoms with Gasteiger partial charge in [-0.25, -0.2) is 0 Å². The largest absolute Gasteiger partial charge is 0.312 e. The zero-order chi connectivity index (χ0) is 14.2. The fourth-order valence-electron chi connectivity index (χ4n) is 2.11. The molecule has 2 aromatic rings. The van der Waals surface area contributed by atoms with Gasteiger partial charge in [0.05, 0.1) is 20.9 Å². The molecular weight excluding hydrogens is 346 g/mol. The number of hydrogen-bond donors (Lipinski definition) is 1. The van der Waals surface area contributed by atoms with Gasteiger partial charge >= 0.3 is 0 Å². The summed E-state index contributed by atoms with van der Waals surface area (Å²) in [6.07, 6.45) is 0.855. The van der Waals surface area contributed by atoms with Gasteiger partial charge < -0.3 is 5.32 Å². The van der Waals surface area contributed by atoms with Gasteiger partial charge in [0.25, 0.3) is 0 Å². The zero-order valence-corrected chi connectivity index (χ0v) is 14.6. The van der Waals surface area contributed by atoms with Crippen molar-refractivity contribution in [1.29, 1.82) is 0 Å². The molecule has 0 spiro atoms. The van der Waals surface area contributed by atoms with Crippen LogP contribution in [0.2, 0.25) is 5.02 Å². The summed E-state index contributed by atoms with van der Waals surface area (Å²) in [5, 5.41) is 10.8. The molecule has 2 heterocycles. The molecule has 2 aromatic heterocycles. The molecule has 0 aromatic carbocycles. The van der Waals surface area contributed by atoms with Gasteiger partial charge in [-0.05, 0) is 47.8 Å². The summed E-state index contributed by atoms with van der Waals surface area (Å²) in [7, 11) is 3.94. The minimum Gasteiger partial charge on any atom is -0.312 e. The first-order valence-corrected chi connectivity index (χ1v) is 8.09. The van der Waals surface area contributed by atoms with Crippen molar-refractivity contribution in [3.05, 3.63) is 36.7 Å². The Morgan fingerprint density at radius 3 is 2.63 bits per heavy atom. The SMILES string of the molecule is CNC(Cc1c(Br)c(C)nn1C)c1scc(C)c1Cl. The van der Waals surface area contributed by atoms with Crippen LogP contribution in [0.3, 0.4) is 0 Å². The lowest BCUT2D eigenvalue weighted by atomic mass is 10.1. The van der Waals surface area contributed by atoms with Gasteiger partial charge in [-0.1, -0.05) is 11.6 Å². The van der Waals surface area contributed by atoms with Crippen LogP contribution in [-0.2, 0) is 13.5 Å². The molecule has 1 N–H and O–H groups in total. The fraction of sp³-hybridized carbons (Fsp3) is 0.462. The first kappa shape index (κ1) is 15.0. The maximum absolute atomic E-state index is 6.37. The second-order valence-corrected chi connectivity index (χ2v) is 6.69. The molecule has 0 bridgehead atoms. The normalized spacial score (nSPS) is 12.9. The first-order valence-electron chi connectivity index (χ1n) is 6.04. The molecule has 2 rings (SSSR count). The Morgan fingerprint density at radius 1 is 1.53 bits per heavy atom. The van der Waals surface area contributed by atoms with E-state index in [9.17, 15) is 0 Å². The summed E-state index contributed by atoms with van der Waals surface area (Å²) >= 11 is 11.7. The molecule has 0 aliphatic heterocycles. The van der Waals surface area contributed by atoms with Crippen molar-refractivity contribution >= 4 is 38.9 Å². The third-order valence-electron chi connectivity index (χ3n) is 3.25. The number of nitrogens with zero attached hydrogens (tertiary/aromatic N) is 2. The third kappa shape index (κ3) is 2.89. The maximum Gasteiger partial charge on any atom is 0.0738 e. The molecule has 19 heavy (non-hydrogen) atoms. The predicted molar refractivity (Wildman–Crippen MR) is 85.2 cm³/mol.